The highest BCUT2D eigenvalue weighted by Gasteiger charge is 2.47. The smallest absolute Gasteiger partial charge is 0.306 e. The number of esters is 1. The van der Waals surface area contributed by atoms with E-state index in [9.17, 15) is 40.5 Å². The molecule has 0 aliphatic carbocycles. The molecule has 2 aliphatic rings. The van der Waals surface area contributed by atoms with E-state index in [4.69, 9.17) is 28.4 Å². The third-order valence-corrected chi connectivity index (χ3v) is 13.2. The fourth-order valence-electron chi connectivity index (χ4n) is 8.65. The molecule has 0 bridgehead atoms. The first-order valence-corrected chi connectivity index (χ1v) is 27.6. The van der Waals surface area contributed by atoms with Crippen LogP contribution in [-0.4, -0.2) is 142 Å². The maximum atomic E-state index is 13.0. The fourth-order valence-corrected chi connectivity index (χ4v) is 8.65. The molecule has 0 amide bonds. The second-order valence-corrected chi connectivity index (χ2v) is 19.4. The van der Waals surface area contributed by atoms with Gasteiger partial charge in [-0.25, -0.2) is 0 Å². The Hall–Kier alpha value is -1.79. The molecule has 0 aromatic rings. The van der Waals surface area contributed by atoms with E-state index in [2.05, 4.69) is 50.3 Å². The first kappa shape index (κ1) is 63.3. The van der Waals surface area contributed by atoms with Crippen LogP contribution in [0.4, 0.5) is 0 Å². The van der Waals surface area contributed by atoms with Crippen molar-refractivity contribution in [3.63, 3.8) is 0 Å². The monoisotopic (exact) mass is 985 g/mol. The van der Waals surface area contributed by atoms with Crippen molar-refractivity contribution >= 4 is 5.97 Å². The lowest BCUT2D eigenvalue weighted by Crippen LogP contribution is -2.61. The van der Waals surface area contributed by atoms with Gasteiger partial charge in [-0.05, 0) is 51.4 Å². The van der Waals surface area contributed by atoms with Crippen molar-refractivity contribution < 1.29 is 69.0 Å². The summed E-state index contributed by atoms with van der Waals surface area (Å²) in [4.78, 5) is 13.0. The third kappa shape index (κ3) is 30.1. The molecule has 7 N–H and O–H groups in total. The van der Waals surface area contributed by atoms with Gasteiger partial charge in [0.25, 0.3) is 0 Å². The van der Waals surface area contributed by atoms with Crippen LogP contribution in [0.25, 0.3) is 0 Å². The Labute approximate surface area is 417 Å². The van der Waals surface area contributed by atoms with E-state index in [1.807, 2.05) is 0 Å². The molecule has 2 rings (SSSR count). The van der Waals surface area contributed by atoms with Crippen molar-refractivity contribution in [1.82, 2.24) is 0 Å². The minimum Gasteiger partial charge on any atom is -0.457 e. The molecule has 2 aliphatic heterocycles. The van der Waals surface area contributed by atoms with Gasteiger partial charge in [-0.15, -0.1) is 0 Å². The molecule has 11 unspecified atom stereocenters. The summed E-state index contributed by atoms with van der Waals surface area (Å²) in [5.74, 6) is -0.379. The summed E-state index contributed by atoms with van der Waals surface area (Å²) in [7, 11) is 0. The summed E-state index contributed by atoms with van der Waals surface area (Å²) in [5, 5.41) is 72.2. The van der Waals surface area contributed by atoms with Crippen molar-refractivity contribution in [2.24, 2.45) is 0 Å². The molecule has 0 radical (unpaired) electrons. The molecular formula is C55H100O14. The largest absolute Gasteiger partial charge is 0.457 e. The summed E-state index contributed by atoms with van der Waals surface area (Å²) >= 11 is 0. The van der Waals surface area contributed by atoms with Crippen LogP contribution in [0, 0.1) is 0 Å². The number of aliphatic hydroxyl groups excluding tert-OH is 7. The number of hydrogen-bond donors (Lipinski definition) is 7. The van der Waals surface area contributed by atoms with Crippen LogP contribution < -0.4 is 0 Å². The summed E-state index contributed by atoms with van der Waals surface area (Å²) in [6, 6.07) is 0. The van der Waals surface area contributed by atoms with Crippen LogP contribution >= 0.6 is 0 Å². The summed E-state index contributed by atoms with van der Waals surface area (Å²) < 4.78 is 34.3. The number of allylic oxidation sites excluding steroid dienone is 6. The van der Waals surface area contributed by atoms with Crippen LogP contribution in [0.5, 0.6) is 0 Å². The summed E-state index contributed by atoms with van der Waals surface area (Å²) in [6.45, 7) is 3.67. The van der Waals surface area contributed by atoms with Gasteiger partial charge >= 0.3 is 5.97 Å². The lowest BCUT2D eigenvalue weighted by Gasteiger charge is -2.42. The number of carbonyl (C=O) groups excluding carboxylic acids is 1. The number of hydrogen-bond acceptors (Lipinski definition) is 14. The highest BCUT2D eigenvalue weighted by molar-refractivity contribution is 5.69. The zero-order valence-corrected chi connectivity index (χ0v) is 43.1. The number of rotatable bonds is 44. The molecule has 69 heavy (non-hydrogen) atoms. The zero-order chi connectivity index (χ0) is 50.2. The number of ether oxygens (including phenoxy) is 6. The number of carbonyl (C=O) groups is 1. The summed E-state index contributed by atoms with van der Waals surface area (Å²) in [6.07, 6.45) is 32.0. The minimum absolute atomic E-state index is 0.0571. The lowest BCUT2D eigenvalue weighted by molar-refractivity contribution is -0.332. The summed E-state index contributed by atoms with van der Waals surface area (Å²) in [5.41, 5.74) is 0. The van der Waals surface area contributed by atoms with Crippen molar-refractivity contribution in [2.75, 3.05) is 33.0 Å². The van der Waals surface area contributed by atoms with E-state index in [-0.39, 0.29) is 25.6 Å². The van der Waals surface area contributed by atoms with E-state index < -0.39 is 80.7 Å². The normalized spacial score (nSPS) is 25.9. The number of aliphatic hydroxyl groups is 7. The van der Waals surface area contributed by atoms with Gasteiger partial charge in [0.1, 0.15) is 54.9 Å². The Kier molecular flexibility index (Phi) is 39.2. The molecular weight excluding hydrogens is 885 g/mol. The van der Waals surface area contributed by atoms with Crippen LogP contribution in [0.1, 0.15) is 206 Å². The SMILES string of the molecule is CCCCCCC/C=C\C/C=C\C/C=C\CCCCCCCCCOCC(COC1OC(COC2OC(CO)C(O)C(O)C2O)C(O)C(O)C1O)OC(=O)CCCCCCCCCCCCCCC. The predicted octanol–water partition coefficient (Wildman–Crippen LogP) is 8.97. The average Bonchev–Trinajstić information content (AvgIpc) is 3.35. The molecule has 404 valence electrons. The second kappa shape index (κ2) is 42.7. The van der Waals surface area contributed by atoms with E-state index in [1.165, 1.54) is 122 Å². The molecule has 2 saturated heterocycles. The molecule has 0 saturated carbocycles. The number of unbranched alkanes of at least 4 members (excludes halogenated alkanes) is 24. The first-order valence-electron chi connectivity index (χ1n) is 27.6. The molecule has 0 spiro atoms. The van der Waals surface area contributed by atoms with Crippen LogP contribution in [0.2, 0.25) is 0 Å². The lowest BCUT2D eigenvalue weighted by atomic mass is 9.98. The zero-order valence-electron chi connectivity index (χ0n) is 43.1. The van der Waals surface area contributed by atoms with Crippen molar-refractivity contribution in [2.45, 2.75) is 274 Å². The molecule has 0 aromatic heterocycles. The van der Waals surface area contributed by atoms with Crippen LogP contribution in [0.15, 0.2) is 36.5 Å². The van der Waals surface area contributed by atoms with Crippen LogP contribution in [-0.2, 0) is 33.2 Å². The maximum absolute atomic E-state index is 13.0. The molecule has 2 heterocycles. The highest BCUT2D eigenvalue weighted by Crippen LogP contribution is 2.26. The van der Waals surface area contributed by atoms with Gasteiger partial charge in [0.05, 0.1) is 26.4 Å². The molecule has 14 heteroatoms. The molecule has 2 fully saturated rings. The maximum Gasteiger partial charge on any atom is 0.306 e. The Morgan fingerprint density at radius 1 is 0.478 bits per heavy atom. The molecule has 14 nitrogen and oxygen atoms in total. The molecule has 11 atom stereocenters. The van der Waals surface area contributed by atoms with E-state index in [1.54, 1.807) is 0 Å². The van der Waals surface area contributed by atoms with Gasteiger partial charge in [-0.1, -0.05) is 185 Å². The average molecular weight is 985 g/mol. The van der Waals surface area contributed by atoms with Gasteiger partial charge in [-0.2, -0.15) is 0 Å². The van der Waals surface area contributed by atoms with E-state index >= 15 is 0 Å². The fraction of sp³-hybridized carbons (Fsp3) is 0.873. The van der Waals surface area contributed by atoms with Gasteiger partial charge in [0, 0.05) is 13.0 Å². The van der Waals surface area contributed by atoms with Crippen LogP contribution in [0.3, 0.4) is 0 Å². The topological polar surface area (TPSA) is 214 Å². The highest BCUT2D eigenvalue weighted by atomic mass is 16.7. The van der Waals surface area contributed by atoms with Gasteiger partial charge < -0.3 is 64.2 Å². The quantitative estimate of drug-likeness (QED) is 0.0173. The first-order chi connectivity index (χ1) is 33.6. The van der Waals surface area contributed by atoms with Gasteiger partial charge in [0.15, 0.2) is 12.6 Å². The van der Waals surface area contributed by atoms with Crippen molar-refractivity contribution in [3.05, 3.63) is 36.5 Å². The molecule has 0 aromatic carbocycles. The predicted molar refractivity (Wildman–Crippen MR) is 270 cm³/mol. The third-order valence-electron chi connectivity index (χ3n) is 13.2. The van der Waals surface area contributed by atoms with Crippen molar-refractivity contribution in [1.29, 1.82) is 0 Å². The Balaban J connectivity index is 1.73. The Morgan fingerprint density at radius 3 is 1.41 bits per heavy atom. The Bertz CT molecular complexity index is 1280. The van der Waals surface area contributed by atoms with Crippen molar-refractivity contribution in [3.8, 4) is 0 Å². The minimum atomic E-state index is -1.71. The van der Waals surface area contributed by atoms with E-state index in [0.717, 1.165) is 57.8 Å². The second-order valence-electron chi connectivity index (χ2n) is 19.4. The Morgan fingerprint density at radius 2 is 0.899 bits per heavy atom. The van der Waals surface area contributed by atoms with E-state index in [0.29, 0.717) is 13.0 Å². The standard InChI is InChI=1S/C55H100O14/c1-3-5-7-9-11-13-15-17-18-19-20-21-22-23-24-25-27-29-31-33-35-37-39-64-41-44(67-47(57)38-36-34-32-30-28-26-16-14-12-10-8-6-4-2)42-65-54-53(63)51(61)49(59)46(69-54)43-66-55-52(62)50(60)48(58)45(40-56)68-55/h15,17,19-20,22-23,44-46,48-56,58-63H,3-14,16,18,21,24-43H2,1-2H3/b17-15-,20-19-,23-22-. The van der Waals surface area contributed by atoms with Gasteiger partial charge in [0.2, 0.25) is 0 Å². The van der Waals surface area contributed by atoms with Gasteiger partial charge in [-0.3, -0.25) is 4.79 Å².